The van der Waals surface area contributed by atoms with Crippen molar-refractivity contribution in [3.8, 4) is 23.0 Å². The van der Waals surface area contributed by atoms with Crippen LogP contribution >= 0.6 is 0 Å². The van der Waals surface area contributed by atoms with Gasteiger partial charge in [0.2, 0.25) is 0 Å². The molecule has 4 aromatic rings. The van der Waals surface area contributed by atoms with Gasteiger partial charge in [-0.1, -0.05) is 191 Å². The Labute approximate surface area is 391 Å². The minimum atomic E-state index is -1.01. The van der Waals surface area contributed by atoms with Crippen LogP contribution in [0.25, 0.3) is 0 Å². The number of benzene rings is 4. The number of aliphatic imine (C=N–C) groups is 4. The van der Waals surface area contributed by atoms with E-state index >= 15 is 0 Å². The molecule has 0 bridgehead atoms. The van der Waals surface area contributed by atoms with Crippen LogP contribution < -0.4 is 0 Å². The molecule has 0 radical (unpaired) electrons. The van der Waals surface area contributed by atoms with E-state index in [-0.39, 0.29) is 23.0 Å². The topological polar surface area (TPSA) is 130 Å². The molecule has 0 heterocycles. The summed E-state index contributed by atoms with van der Waals surface area (Å²) in [7, 11) is 0. The largest absolute Gasteiger partial charge is 0.507 e. The maximum Gasteiger partial charge on any atom is 0.124 e. The third kappa shape index (κ3) is 18.6. The molecule has 65 heavy (non-hydrogen) atoms. The van der Waals surface area contributed by atoms with Gasteiger partial charge in [0.15, 0.2) is 0 Å². The number of phenols is 4. The average Bonchev–Trinajstić information content (AvgIpc) is 3.31. The number of unbranched alkanes of at least 4 members (excludes halogenated alkanes) is 18. The molecular formula is C57H80N4O4. The summed E-state index contributed by atoms with van der Waals surface area (Å²) in [5.41, 5.74) is 1.38. The standard InChI is InChI=1S/C57H80N4O4/c1-4-6-8-10-12-14-16-18-20-22-36-51(59-43-48-33-24-28-38-53(48)63)56(60-44-49-34-25-29-39-54(49)64)57(61-45-50-35-26-30-40-55(50)65,41-31-21-19-17-15-13-11-9-7-5-2)46(3)58-42-47-32-23-27-37-52(47)62/h23-30,32-35,37-40,42-46,51,56,62-65H,4-22,31,36,41H2,1-3H3. The van der Waals surface area contributed by atoms with Gasteiger partial charge in [0, 0.05) is 47.1 Å². The predicted molar refractivity (Wildman–Crippen MR) is 275 cm³/mol. The number of hydrogen-bond donors (Lipinski definition) is 4. The molecule has 0 aliphatic heterocycles. The number of para-hydroxylation sites is 4. The Morgan fingerprint density at radius 2 is 0.754 bits per heavy atom. The van der Waals surface area contributed by atoms with Gasteiger partial charge in [-0.3, -0.25) is 20.0 Å². The Bertz CT molecular complexity index is 2030. The molecule has 4 aromatic carbocycles. The third-order valence-electron chi connectivity index (χ3n) is 12.8. The molecule has 4 atom stereocenters. The molecule has 0 aliphatic carbocycles. The van der Waals surface area contributed by atoms with E-state index in [1.54, 1.807) is 67.3 Å². The Morgan fingerprint density at radius 3 is 1.17 bits per heavy atom. The molecule has 0 saturated carbocycles. The van der Waals surface area contributed by atoms with Gasteiger partial charge in [0.1, 0.15) is 28.5 Å². The zero-order valence-corrected chi connectivity index (χ0v) is 39.9. The van der Waals surface area contributed by atoms with E-state index in [0.29, 0.717) is 35.1 Å². The molecule has 0 saturated heterocycles. The van der Waals surface area contributed by atoms with Crippen LogP contribution in [0.4, 0.5) is 0 Å². The van der Waals surface area contributed by atoms with Crippen LogP contribution in [0.5, 0.6) is 23.0 Å². The molecule has 8 nitrogen and oxygen atoms in total. The van der Waals surface area contributed by atoms with E-state index in [1.807, 2.05) is 54.6 Å². The predicted octanol–water partition coefficient (Wildman–Crippen LogP) is 14.8. The van der Waals surface area contributed by atoms with Crippen LogP contribution in [-0.2, 0) is 0 Å². The first-order valence-electron chi connectivity index (χ1n) is 25.1. The maximum absolute atomic E-state index is 11.1. The monoisotopic (exact) mass is 885 g/mol. The van der Waals surface area contributed by atoms with E-state index < -0.39 is 23.7 Å². The van der Waals surface area contributed by atoms with Gasteiger partial charge >= 0.3 is 0 Å². The lowest BCUT2D eigenvalue weighted by Gasteiger charge is -2.41. The quantitative estimate of drug-likeness (QED) is 0.0280. The van der Waals surface area contributed by atoms with Crippen LogP contribution in [0, 0.1) is 0 Å². The van der Waals surface area contributed by atoms with Crippen LogP contribution in [-0.4, -0.2) is 68.9 Å². The molecule has 0 amide bonds. The molecule has 0 fully saturated rings. The summed E-state index contributed by atoms with van der Waals surface area (Å²) in [6.45, 7) is 6.59. The average molecular weight is 885 g/mol. The van der Waals surface area contributed by atoms with E-state index in [2.05, 4.69) is 20.8 Å². The van der Waals surface area contributed by atoms with Crippen LogP contribution in [0.2, 0.25) is 0 Å². The summed E-state index contributed by atoms with van der Waals surface area (Å²) >= 11 is 0. The first kappa shape index (κ1) is 52.4. The van der Waals surface area contributed by atoms with Crippen LogP contribution in [0.3, 0.4) is 0 Å². The van der Waals surface area contributed by atoms with Gasteiger partial charge in [-0.05, 0) is 68.3 Å². The number of phenolic OH excluding ortho intramolecular Hbond substituents is 4. The molecule has 4 rings (SSSR count). The van der Waals surface area contributed by atoms with Crippen molar-refractivity contribution in [3.05, 3.63) is 119 Å². The van der Waals surface area contributed by atoms with Crippen molar-refractivity contribution in [2.45, 2.75) is 186 Å². The highest BCUT2D eigenvalue weighted by Crippen LogP contribution is 2.38. The SMILES string of the molecule is CCCCCCCCCCCCC(N=Cc1ccccc1O)C(N=Cc1ccccc1O)C(CCCCCCCCCCCC)(N=Cc1ccccc1O)C(C)N=Cc1ccccc1O. The molecule has 0 aliphatic rings. The fourth-order valence-corrected chi connectivity index (χ4v) is 8.70. The zero-order chi connectivity index (χ0) is 46.4. The van der Waals surface area contributed by atoms with Crippen molar-refractivity contribution in [2.24, 2.45) is 20.0 Å². The highest BCUT2D eigenvalue weighted by Gasteiger charge is 2.46. The number of hydrogen-bond acceptors (Lipinski definition) is 8. The Balaban J connectivity index is 1.84. The maximum atomic E-state index is 11.1. The lowest BCUT2D eigenvalue weighted by molar-refractivity contribution is 0.241. The van der Waals surface area contributed by atoms with Crippen molar-refractivity contribution in [3.63, 3.8) is 0 Å². The van der Waals surface area contributed by atoms with Crippen molar-refractivity contribution in [2.75, 3.05) is 0 Å². The Morgan fingerprint density at radius 1 is 0.415 bits per heavy atom. The summed E-state index contributed by atoms with van der Waals surface area (Å²) in [5.74, 6) is 0.547. The highest BCUT2D eigenvalue weighted by molar-refractivity contribution is 5.86. The summed E-state index contributed by atoms with van der Waals surface area (Å²) in [5, 5.41) is 43.8. The minimum Gasteiger partial charge on any atom is -0.507 e. The zero-order valence-electron chi connectivity index (χ0n) is 39.9. The molecule has 8 heteroatoms. The molecule has 352 valence electrons. The van der Waals surface area contributed by atoms with Gasteiger partial charge in [-0.25, -0.2) is 0 Å². The van der Waals surface area contributed by atoms with Gasteiger partial charge in [0.25, 0.3) is 0 Å². The van der Waals surface area contributed by atoms with Crippen molar-refractivity contribution < 1.29 is 20.4 Å². The number of aromatic hydroxyl groups is 4. The van der Waals surface area contributed by atoms with E-state index in [1.165, 1.54) is 89.9 Å². The Kier molecular flexibility index (Phi) is 24.8. The van der Waals surface area contributed by atoms with E-state index in [0.717, 1.165) is 38.5 Å². The van der Waals surface area contributed by atoms with Crippen LogP contribution in [0.15, 0.2) is 117 Å². The van der Waals surface area contributed by atoms with E-state index in [9.17, 15) is 20.4 Å². The van der Waals surface area contributed by atoms with Gasteiger partial charge in [-0.2, -0.15) is 0 Å². The summed E-state index contributed by atoms with van der Waals surface area (Å²) < 4.78 is 0. The minimum absolute atomic E-state index is 0.127. The second kappa shape index (κ2) is 30.8. The molecule has 4 unspecified atom stereocenters. The van der Waals surface area contributed by atoms with E-state index in [4.69, 9.17) is 20.0 Å². The highest BCUT2D eigenvalue weighted by atomic mass is 16.3. The summed E-state index contributed by atoms with van der Waals surface area (Å²) in [4.78, 5) is 21.6. The summed E-state index contributed by atoms with van der Waals surface area (Å²) in [6, 6.07) is 27.4. The van der Waals surface area contributed by atoms with Gasteiger partial charge in [-0.15, -0.1) is 0 Å². The van der Waals surface area contributed by atoms with Crippen molar-refractivity contribution in [1.82, 2.24) is 0 Å². The summed E-state index contributed by atoms with van der Waals surface area (Å²) in [6.07, 6.45) is 32.3. The normalized spacial score (nSPS) is 14.4. The van der Waals surface area contributed by atoms with Crippen LogP contribution in [0.1, 0.15) is 184 Å². The first-order chi connectivity index (χ1) is 31.8. The van der Waals surface area contributed by atoms with Gasteiger partial charge in [0.05, 0.1) is 18.1 Å². The fourth-order valence-electron chi connectivity index (χ4n) is 8.70. The fraction of sp³-hybridized carbons (Fsp3) is 0.509. The lowest BCUT2D eigenvalue weighted by Crippen LogP contribution is -2.53. The molecule has 4 N–H and O–H groups in total. The molecular weight excluding hydrogens is 805 g/mol. The van der Waals surface area contributed by atoms with Crippen molar-refractivity contribution in [1.29, 1.82) is 0 Å². The second-order valence-electron chi connectivity index (χ2n) is 17.9. The second-order valence-corrected chi connectivity index (χ2v) is 17.9. The van der Waals surface area contributed by atoms with Crippen molar-refractivity contribution >= 4 is 24.9 Å². The first-order valence-corrected chi connectivity index (χ1v) is 25.1. The third-order valence-corrected chi connectivity index (χ3v) is 12.8. The number of nitrogens with zero attached hydrogens (tertiary/aromatic N) is 4. The van der Waals surface area contributed by atoms with Gasteiger partial charge < -0.3 is 20.4 Å². The number of rotatable bonds is 33. The molecule has 0 aromatic heterocycles. The lowest BCUT2D eigenvalue weighted by atomic mass is 9.75. The molecule has 0 spiro atoms. The Hall–Kier alpha value is -5.24. The smallest absolute Gasteiger partial charge is 0.124 e.